The van der Waals surface area contributed by atoms with Gasteiger partial charge in [-0.25, -0.2) is 0 Å². The Hall–Kier alpha value is -1.88. The SMILES string of the molecule is Cc1ccc(N2CC[C@H](C(=O)N[C@H]3CC[C@@H](N(C)C)C3)C2=O)cc1C. The molecule has 5 heteroatoms. The van der Waals surface area contributed by atoms with Gasteiger partial charge in [0.05, 0.1) is 0 Å². The number of carbonyl (C=O) groups excluding carboxylic acids is 2. The topological polar surface area (TPSA) is 52.7 Å². The average Bonchev–Trinajstić information content (AvgIpc) is 3.17. The van der Waals surface area contributed by atoms with Crippen LogP contribution in [0.3, 0.4) is 0 Å². The fraction of sp³-hybridized carbons (Fsp3) is 0.600. The Morgan fingerprint density at radius 1 is 1.16 bits per heavy atom. The molecule has 0 unspecified atom stereocenters. The zero-order valence-electron chi connectivity index (χ0n) is 15.7. The van der Waals surface area contributed by atoms with Gasteiger partial charge in [0.2, 0.25) is 11.8 Å². The number of carbonyl (C=O) groups is 2. The van der Waals surface area contributed by atoms with E-state index < -0.39 is 5.92 Å². The summed E-state index contributed by atoms with van der Waals surface area (Å²) in [6.07, 6.45) is 3.67. The van der Waals surface area contributed by atoms with Crippen LogP contribution in [0.25, 0.3) is 0 Å². The highest BCUT2D eigenvalue weighted by Crippen LogP contribution is 2.28. The Morgan fingerprint density at radius 3 is 2.56 bits per heavy atom. The number of amides is 2. The number of nitrogens with one attached hydrogen (secondary N) is 1. The molecular weight excluding hydrogens is 314 g/mol. The number of nitrogens with zero attached hydrogens (tertiary/aromatic N) is 2. The maximum absolute atomic E-state index is 12.7. The van der Waals surface area contributed by atoms with E-state index in [9.17, 15) is 9.59 Å². The van der Waals surface area contributed by atoms with Crippen molar-refractivity contribution in [2.24, 2.45) is 5.92 Å². The smallest absolute Gasteiger partial charge is 0.239 e. The molecule has 2 amide bonds. The van der Waals surface area contributed by atoms with E-state index in [2.05, 4.69) is 31.2 Å². The summed E-state index contributed by atoms with van der Waals surface area (Å²) >= 11 is 0. The number of benzene rings is 1. The third-order valence-corrected chi connectivity index (χ3v) is 5.81. The monoisotopic (exact) mass is 343 g/mol. The van der Waals surface area contributed by atoms with Crippen LogP contribution in [0.15, 0.2) is 18.2 Å². The molecule has 0 spiro atoms. The fourth-order valence-corrected chi connectivity index (χ4v) is 3.93. The summed E-state index contributed by atoms with van der Waals surface area (Å²) in [6.45, 7) is 4.72. The largest absolute Gasteiger partial charge is 0.353 e. The first-order chi connectivity index (χ1) is 11.9. The predicted octanol–water partition coefficient (Wildman–Crippen LogP) is 2.26. The second kappa shape index (κ2) is 7.16. The Morgan fingerprint density at radius 2 is 1.92 bits per heavy atom. The van der Waals surface area contributed by atoms with E-state index in [1.165, 1.54) is 11.1 Å². The van der Waals surface area contributed by atoms with Crippen LogP contribution in [0.1, 0.15) is 36.8 Å². The van der Waals surface area contributed by atoms with Gasteiger partial charge in [-0.3, -0.25) is 9.59 Å². The van der Waals surface area contributed by atoms with Gasteiger partial charge in [0.25, 0.3) is 0 Å². The van der Waals surface area contributed by atoms with Gasteiger partial charge in [0.15, 0.2) is 0 Å². The number of aryl methyl sites for hydroxylation is 2. The maximum atomic E-state index is 12.7. The van der Waals surface area contributed by atoms with E-state index in [4.69, 9.17) is 0 Å². The van der Waals surface area contributed by atoms with Crippen molar-refractivity contribution in [2.45, 2.75) is 51.6 Å². The molecule has 3 atom stereocenters. The van der Waals surface area contributed by atoms with Gasteiger partial charge in [-0.05, 0) is 76.9 Å². The molecule has 2 fully saturated rings. The molecule has 1 N–H and O–H groups in total. The van der Waals surface area contributed by atoms with Gasteiger partial charge in [-0.2, -0.15) is 0 Å². The van der Waals surface area contributed by atoms with Crippen molar-refractivity contribution in [3.63, 3.8) is 0 Å². The lowest BCUT2D eigenvalue weighted by atomic mass is 10.1. The summed E-state index contributed by atoms with van der Waals surface area (Å²) in [6, 6.07) is 6.76. The predicted molar refractivity (Wildman–Crippen MR) is 99.6 cm³/mol. The molecule has 3 rings (SSSR count). The zero-order chi connectivity index (χ0) is 18.1. The van der Waals surface area contributed by atoms with Gasteiger partial charge < -0.3 is 15.1 Å². The summed E-state index contributed by atoms with van der Waals surface area (Å²) in [7, 11) is 4.16. The lowest BCUT2D eigenvalue weighted by molar-refractivity contribution is -0.132. The lowest BCUT2D eigenvalue weighted by Crippen LogP contribution is -2.41. The minimum Gasteiger partial charge on any atom is -0.353 e. The van der Waals surface area contributed by atoms with Crippen molar-refractivity contribution in [2.75, 3.05) is 25.5 Å². The fourth-order valence-electron chi connectivity index (χ4n) is 3.93. The van der Waals surface area contributed by atoms with E-state index in [-0.39, 0.29) is 17.9 Å². The first kappa shape index (κ1) is 17.9. The highest BCUT2D eigenvalue weighted by atomic mass is 16.2. The van der Waals surface area contributed by atoms with E-state index >= 15 is 0 Å². The summed E-state index contributed by atoms with van der Waals surface area (Å²) < 4.78 is 0. The molecule has 2 aliphatic rings. The molecule has 1 aliphatic heterocycles. The molecule has 5 nitrogen and oxygen atoms in total. The van der Waals surface area contributed by atoms with Crippen LogP contribution in [-0.4, -0.2) is 49.4 Å². The normalized spacial score (nSPS) is 26.5. The van der Waals surface area contributed by atoms with Crippen molar-refractivity contribution in [1.82, 2.24) is 10.2 Å². The van der Waals surface area contributed by atoms with Crippen molar-refractivity contribution in [3.05, 3.63) is 29.3 Å². The number of anilines is 1. The molecule has 1 saturated heterocycles. The van der Waals surface area contributed by atoms with Crippen molar-refractivity contribution in [1.29, 1.82) is 0 Å². The minimum atomic E-state index is -0.542. The van der Waals surface area contributed by atoms with Crippen molar-refractivity contribution < 1.29 is 9.59 Å². The summed E-state index contributed by atoms with van der Waals surface area (Å²) in [4.78, 5) is 29.3. The zero-order valence-corrected chi connectivity index (χ0v) is 15.7. The maximum Gasteiger partial charge on any atom is 0.239 e. The van der Waals surface area contributed by atoms with Gasteiger partial charge >= 0.3 is 0 Å². The van der Waals surface area contributed by atoms with Gasteiger partial charge in [0, 0.05) is 24.3 Å². The lowest BCUT2D eigenvalue weighted by Gasteiger charge is -2.20. The molecule has 0 bridgehead atoms. The van der Waals surface area contributed by atoms with Gasteiger partial charge in [0.1, 0.15) is 5.92 Å². The summed E-state index contributed by atoms with van der Waals surface area (Å²) in [5.74, 6) is -0.705. The minimum absolute atomic E-state index is 0.0668. The third-order valence-electron chi connectivity index (χ3n) is 5.81. The molecule has 1 aromatic carbocycles. The van der Waals surface area contributed by atoms with Crippen LogP contribution < -0.4 is 10.2 Å². The van der Waals surface area contributed by atoms with Crippen LogP contribution in [0, 0.1) is 19.8 Å². The van der Waals surface area contributed by atoms with Crippen LogP contribution in [0.2, 0.25) is 0 Å². The number of hydrogen-bond donors (Lipinski definition) is 1. The number of hydrogen-bond acceptors (Lipinski definition) is 3. The molecule has 1 aromatic rings. The molecule has 0 aromatic heterocycles. The Balaban J connectivity index is 1.61. The van der Waals surface area contributed by atoms with E-state index in [0.29, 0.717) is 19.0 Å². The van der Waals surface area contributed by atoms with E-state index in [1.54, 1.807) is 4.90 Å². The first-order valence-electron chi connectivity index (χ1n) is 9.22. The quantitative estimate of drug-likeness (QED) is 0.853. The Labute approximate surface area is 150 Å². The summed E-state index contributed by atoms with van der Waals surface area (Å²) in [5.41, 5.74) is 3.28. The van der Waals surface area contributed by atoms with Gasteiger partial charge in [-0.1, -0.05) is 6.07 Å². The molecule has 0 radical (unpaired) electrons. The second-order valence-corrected chi connectivity index (χ2v) is 7.74. The summed E-state index contributed by atoms with van der Waals surface area (Å²) in [5, 5.41) is 3.12. The Bertz CT molecular complexity index is 671. The van der Waals surface area contributed by atoms with Crippen LogP contribution in [0.4, 0.5) is 5.69 Å². The van der Waals surface area contributed by atoms with Crippen molar-refractivity contribution in [3.8, 4) is 0 Å². The third kappa shape index (κ3) is 3.71. The van der Waals surface area contributed by atoms with E-state index in [1.807, 2.05) is 25.1 Å². The molecule has 1 saturated carbocycles. The van der Waals surface area contributed by atoms with E-state index in [0.717, 1.165) is 24.9 Å². The molecule has 136 valence electrons. The standard InChI is InChI=1S/C20H29N3O2/c1-13-5-7-17(11-14(13)2)23-10-9-18(20(23)25)19(24)21-15-6-8-16(12-15)22(3)4/h5,7,11,15-16,18H,6,8-10,12H2,1-4H3,(H,21,24)/t15-,16+,18+/m0/s1. The highest BCUT2D eigenvalue weighted by Gasteiger charge is 2.39. The average molecular weight is 343 g/mol. The van der Waals surface area contributed by atoms with Crippen LogP contribution >= 0.6 is 0 Å². The molecule has 1 aliphatic carbocycles. The molecular formula is C20H29N3O2. The number of rotatable bonds is 4. The molecule has 25 heavy (non-hydrogen) atoms. The van der Waals surface area contributed by atoms with Crippen molar-refractivity contribution >= 4 is 17.5 Å². The molecule has 1 heterocycles. The Kier molecular flexibility index (Phi) is 5.13. The second-order valence-electron chi connectivity index (χ2n) is 7.74. The first-order valence-corrected chi connectivity index (χ1v) is 9.22. The highest BCUT2D eigenvalue weighted by molar-refractivity contribution is 6.09. The van der Waals surface area contributed by atoms with Crippen LogP contribution in [-0.2, 0) is 9.59 Å². The van der Waals surface area contributed by atoms with Gasteiger partial charge in [-0.15, -0.1) is 0 Å². The van der Waals surface area contributed by atoms with Crippen LogP contribution in [0.5, 0.6) is 0 Å².